The molecular formula is C20H17ClO4. The maximum absolute atomic E-state index is 12.6. The van der Waals surface area contributed by atoms with Crippen LogP contribution in [0.4, 0.5) is 0 Å². The van der Waals surface area contributed by atoms with E-state index in [0.29, 0.717) is 10.6 Å². The Kier molecular flexibility index (Phi) is 4.73. The van der Waals surface area contributed by atoms with Crippen molar-refractivity contribution in [2.24, 2.45) is 5.41 Å². The molecule has 1 aliphatic rings. The van der Waals surface area contributed by atoms with Gasteiger partial charge in [-0.1, -0.05) is 48.0 Å². The van der Waals surface area contributed by atoms with Gasteiger partial charge in [-0.25, -0.2) is 0 Å². The lowest BCUT2D eigenvalue weighted by Crippen LogP contribution is -2.36. The molecular weight excluding hydrogens is 340 g/mol. The zero-order chi connectivity index (χ0) is 18.0. The molecule has 2 aromatic rings. The molecule has 5 heteroatoms. The van der Waals surface area contributed by atoms with E-state index in [0.717, 1.165) is 11.1 Å². The Morgan fingerprint density at radius 1 is 1.04 bits per heavy atom. The molecule has 1 saturated heterocycles. The molecule has 0 radical (unpaired) electrons. The third-order valence-corrected chi connectivity index (χ3v) is 4.93. The third kappa shape index (κ3) is 3.35. The first-order valence-electron chi connectivity index (χ1n) is 8.00. The molecule has 25 heavy (non-hydrogen) atoms. The second-order valence-electron chi connectivity index (χ2n) is 6.21. The smallest absolute Gasteiger partial charge is 0.320 e. The Morgan fingerprint density at radius 2 is 1.60 bits per heavy atom. The molecule has 1 atom stereocenters. The Balaban J connectivity index is 1.80. The summed E-state index contributed by atoms with van der Waals surface area (Å²) in [6.07, 6.45) is 0.108. The summed E-state index contributed by atoms with van der Waals surface area (Å²) in [5, 5.41) is 0.661. The van der Waals surface area contributed by atoms with E-state index in [9.17, 15) is 14.4 Å². The number of hydrogen-bond acceptors (Lipinski definition) is 4. The molecule has 3 rings (SSSR count). The number of ether oxygens (including phenoxy) is 1. The highest BCUT2D eigenvalue weighted by Crippen LogP contribution is 2.36. The van der Waals surface area contributed by atoms with Gasteiger partial charge in [-0.3, -0.25) is 14.4 Å². The number of esters is 1. The summed E-state index contributed by atoms with van der Waals surface area (Å²) in [6.45, 7) is 1.52. The molecule has 4 nitrogen and oxygen atoms in total. The number of ketones is 2. The van der Waals surface area contributed by atoms with Crippen LogP contribution in [-0.4, -0.2) is 24.1 Å². The highest BCUT2D eigenvalue weighted by molar-refractivity contribution is 6.30. The third-order valence-electron chi connectivity index (χ3n) is 4.67. The van der Waals surface area contributed by atoms with Crippen LogP contribution in [0.1, 0.15) is 30.1 Å². The Labute approximate surface area is 150 Å². The zero-order valence-corrected chi connectivity index (χ0v) is 14.5. The van der Waals surface area contributed by atoms with Gasteiger partial charge in [0.05, 0.1) is 6.61 Å². The SMILES string of the molecule is CC(=O)C1(CC(=O)c2ccc(-c3ccc(Cl)cc3)cc2)CCOC1=O. The maximum atomic E-state index is 12.6. The number of cyclic esters (lactones) is 1. The predicted octanol–water partition coefficient (Wildman–Crippen LogP) is 4.10. The van der Waals surface area contributed by atoms with Gasteiger partial charge in [0.25, 0.3) is 0 Å². The number of hydrogen-bond donors (Lipinski definition) is 0. The fourth-order valence-electron chi connectivity index (χ4n) is 3.03. The highest BCUT2D eigenvalue weighted by Gasteiger charge is 2.50. The van der Waals surface area contributed by atoms with Gasteiger partial charge in [0.1, 0.15) is 11.2 Å². The maximum Gasteiger partial charge on any atom is 0.320 e. The number of Topliss-reactive ketones (excluding diaryl/α,β-unsaturated/α-hetero) is 2. The van der Waals surface area contributed by atoms with Crippen molar-refractivity contribution in [1.82, 2.24) is 0 Å². The normalized spacial score (nSPS) is 19.5. The van der Waals surface area contributed by atoms with Gasteiger partial charge >= 0.3 is 5.97 Å². The van der Waals surface area contributed by atoms with Crippen molar-refractivity contribution in [2.45, 2.75) is 19.8 Å². The highest BCUT2D eigenvalue weighted by atomic mass is 35.5. The van der Waals surface area contributed by atoms with E-state index in [4.69, 9.17) is 16.3 Å². The van der Waals surface area contributed by atoms with Gasteiger partial charge in [0, 0.05) is 23.4 Å². The number of halogens is 1. The van der Waals surface area contributed by atoms with Crippen LogP contribution in [0.25, 0.3) is 11.1 Å². The summed E-state index contributed by atoms with van der Waals surface area (Å²) in [6, 6.07) is 14.5. The van der Waals surface area contributed by atoms with Gasteiger partial charge < -0.3 is 4.74 Å². The van der Waals surface area contributed by atoms with Crippen molar-refractivity contribution >= 4 is 29.1 Å². The van der Waals surface area contributed by atoms with Crippen molar-refractivity contribution in [3.63, 3.8) is 0 Å². The molecule has 0 aromatic heterocycles. The van der Waals surface area contributed by atoms with Gasteiger partial charge in [-0.15, -0.1) is 0 Å². The molecule has 1 unspecified atom stereocenters. The second kappa shape index (κ2) is 6.81. The lowest BCUT2D eigenvalue weighted by Gasteiger charge is -2.20. The van der Waals surface area contributed by atoms with Crippen LogP contribution in [0, 0.1) is 5.41 Å². The zero-order valence-electron chi connectivity index (χ0n) is 13.8. The average Bonchev–Trinajstić information content (AvgIpc) is 2.97. The van der Waals surface area contributed by atoms with Crippen molar-refractivity contribution in [2.75, 3.05) is 6.61 Å². The number of carbonyl (C=O) groups excluding carboxylic acids is 3. The first-order chi connectivity index (χ1) is 11.9. The minimum Gasteiger partial charge on any atom is -0.465 e. The standard InChI is InChI=1S/C20H17ClO4/c1-13(22)20(10-11-25-19(20)24)12-18(23)16-4-2-14(3-5-16)15-6-8-17(21)9-7-15/h2-9H,10-12H2,1H3. The van der Waals surface area contributed by atoms with E-state index in [1.165, 1.54) is 6.92 Å². The molecule has 0 N–H and O–H groups in total. The Bertz CT molecular complexity index is 824. The largest absolute Gasteiger partial charge is 0.465 e. The summed E-state index contributed by atoms with van der Waals surface area (Å²) in [5.41, 5.74) is 1.09. The summed E-state index contributed by atoms with van der Waals surface area (Å²) in [7, 11) is 0. The van der Waals surface area contributed by atoms with E-state index in [1.807, 2.05) is 24.3 Å². The van der Waals surface area contributed by atoms with Crippen molar-refractivity contribution < 1.29 is 19.1 Å². The quantitative estimate of drug-likeness (QED) is 0.459. The topological polar surface area (TPSA) is 60.4 Å². The summed E-state index contributed by atoms with van der Waals surface area (Å²) in [5.74, 6) is -1.15. The first kappa shape index (κ1) is 17.4. The molecule has 128 valence electrons. The lowest BCUT2D eigenvalue weighted by atomic mass is 9.77. The summed E-state index contributed by atoms with van der Waals surface area (Å²) in [4.78, 5) is 36.5. The van der Waals surface area contributed by atoms with E-state index in [1.54, 1.807) is 24.3 Å². The van der Waals surface area contributed by atoms with Crippen LogP contribution < -0.4 is 0 Å². The molecule has 1 fully saturated rings. The van der Waals surface area contributed by atoms with Crippen LogP contribution in [0.2, 0.25) is 5.02 Å². The molecule has 0 amide bonds. The van der Waals surface area contributed by atoms with Gasteiger partial charge in [-0.2, -0.15) is 0 Å². The fourth-order valence-corrected chi connectivity index (χ4v) is 3.16. The molecule has 0 saturated carbocycles. The van der Waals surface area contributed by atoms with E-state index in [-0.39, 0.29) is 31.0 Å². The molecule has 0 spiro atoms. The molecule has 1 aliphatic heterocycles. The van der Waals surface area contributed by atoms with Gasteiger partial charge in [0.2, 0.25) is 0 Å². The molecule has 0 aliphatic carbocycles. The van der Waals surface area contributed by atoms with Crippen LogP contribution in [0.5, 0.6) is 0 Å². The first-order valence-corrected chi connectivity index (χ1v) is 8.38. The van der Waals surface area contributed by atoms with E-state index in [2.05, 4.69) is 0 Å². The minimum absolute atomic E-state index is 0.151. The monoisotopic (exact) mass is 356 g/mol. The van der Waals surface area contributed by atoms with Crippen LogP contribution in [0.15, 0.2) is 48.5 Å². The Morgan fingerprint density at radius 3 is 2.08 bits per heavy atom. The van der Waals surface area contributed by atoms with Crippen molar-refractivity contribution in [1.29, 1.82) is 0 Å². The van der Waals surface area contributed by atoms with Crippen molar-refractivity contribution in [3.05, 3.63) is 59.1 Å². The van der Waals surface area contributed by atoms with E-state index < -0.39 is 11.4 Å². The molecule has 0 bridgehead atoms. The number of rotatable bonds is 5. The van der Waals surface area contributed by atoms with Crippen LogP contribution >= 0.6 is 11.6 Å². The average molecular weight is 357 g/mol. The Hall–Kier alpha value is -2.46. The van der Waals surface area contributed by atoms with Gasteiger partial charge in [0.15, 0.2) is 5.78 Å². The molecule has 1 heterocycles. The fraction of sp³-hybridized carbons (Fsp3) is 0.250. The second-order valence-corrected chi connectivity index (χ2v) is 6.64. The molecule has 2 aromatic carbocycles. The summed E-state index contributed by atoms with van der Waals surface area (Å²) < 4.78 is 4.93. The van der Waals surface area contributed by atoms with E-state index >= 15 is 0 Å². The minimum atomic E-state index is -1.33. The number of carbonyl (C=O) groups is 3. The van der Waals surface area contributed by atoms with Gasteiger partial charge in [-0.05, 0) is 30.2 Å². The predicted molar refractivity (Wildman–Crippen MR) is 94.5 cm³/mol. The number of benzene rings is 2. The van der Waals surface area contributed by atoms with Crippen LogP contribution in [0.3, 0.4) is 0 Å². The summed E-state index contributed by atoms with van der Waals surface area (Å²) >= 11 is 5.89. The lowest BCUT2D eigenvalue weighted by molar-refractivity contribution is -0.150. The van der Waals surface area contributed by atoms with Crippen molar-refractivity contribution in [3.8, 4) is 11.1 Å². The van der Waals surface area contributed by atoms with Crippen LogP contribution in [-0.2, 0) is 14.3 Å².